The van der Waals surface area contributed by atoms with Gasteiger partial charge in [0.05, 0.1) is 3.79 Å². The molecule has 1 aliphatic rings. The van der Waals surface area contributed by atoms with Gasteiger partial charge in [0.1, 0.15) is 0 Å². The highest BCUT2D eigenvalue weighted by atomic mass is 79.9. The Hall–Kier alpha value is 0.620. The van der Waals surface area contributed by atoms with Crippen molar-refractivity contribution in [3.63, 3.8) is 0 Å². The summed E-state index contributed by atoms with van der Waals surface area (Å²) in [6, 6.07) is 2.80. The summed E-state index contributed by atoms with van der Waals surface area (Å²) in [6.45, 7) is 3.24. The molecular formula is C13H19Br2NS. The van der Waals surface area contributed by atoms with Crippen LogP contribution in [-0.2, 0) is 0 Å². The summed E-state index contributed by atoms with van der Waals surface area (Å²) in [6.07, 6.45) is 7.02. The Morgan fingerprint density at radius 3 is 2.65 bits per heavy atom. The van der Waals surface area contributed by atoms with E-state index in [1.54, 1.807) is 0 Å². The Labute approximate surface area is 125 Å². The second-order valence-electron chi connectivity index (χ2n) is 4.77. The Morgan fingerprint density at radius 2 is 2.12 bits per heavy atom. The van der Waals surface area contributed by atoms with E-state index in [9.17, 15) is 0 Å². The van der Waals surface area contributed by atoms with Gasteiger partial charge in [0.25, 0.3) is 0 Å². The monoisotopic (exact) mass is 379 g/mol. The highest BCUT2D eigenvalue weighted by Crippen LogP contribution is 2.39. The number of rotatable bonds is 5. The zero-order valence-corrected chi connectivity index (χ0v) is 14.1. The zero-order valence-electron chi connectivity index (χ0n) is 10.1. The van der Waals surface area contributed by atoms with Gasteiger partial charge in [-0.05, 0) is 56.8 Å². The molecule has 1 aromatic rings. The SMILES string of the molecule is CCNC(CC1CCCC1)c1cc(Br)c(Br)s1. The van der Waals surface area contributed by atoms with Crippen molar-refractivity contribution in [1.29, 1.82) is 0 Å². The Balaban J connectivity index is 2.04. The fraction of sp³-hybridized carbons (Fsp3) is 0.692. The molecule has 96 valence electrons. The van der Waals surface area contributed by atoms with Crippen molar-refractivity contribution in [2.75, 3.05) is 6.54 Å². The molecule has 0 radical (unpaired) electrons. The highest BCUT2D eigenvalue weighted by molar-refractivity contribution is 9.13. The van der Waals surface area contributed by atoms with E-state index in [1.165, 1.54) is 45.2 Å². The summed E-state index contributed by atoms with van der Waals surface area (Å²) in [4.78, 5) is 1.46. The summed E-state index contributed by atoms with van der Waals surface area (Å²) in [5.41, 5.74) is 0. The van der Waals surface area contributed by atoms with Gasteiger partial charge >= 0.3 is 0 Å². The Bertz CT molecular complexity index is 339. The highest BCUT2D eigenvalue weighted by Gasteiger charge is 2.22. The summed E-state index contributed by atoms with van der Waals surface area (Å²) in [7, 11) is 0. The van der Waals surface area contributed by atoms with E-state index >= 15 is 0 Å². The third kappa shape index (κ3) is 3.79. The quantitative estimate of drug-likeness (QED) is 0.710. The van der Waals surface area contributed by atoms with Crippen molar-refractivity contribution < 1.29 is 0 Å². The fourth-order valence-electron chi connectivity index (χ4n) is 2.66. The molecule has 1 N–H and O–H groups in total. The number of halogens is 2. The first kappa shape index (κ1) is 14.0. The molecular weight excluding hydrogens is 362 g/mol. The molecule has 1 atom stereocenters. The normalized spacial score (nSPS) is 18.8. The molecule has 2 rings (SSSR count). The number of thiophene rings is 1. The fourth-order valence-corrected chi connectivity index (χ4v) is 4.84. The molecule has 1 aromatic heterocycles. The van der Waals surface area contributed by atoms with E-state index in [0.717, 1.165) is 12.5 Å². The van der Waals surface area contributed by atoms with Crippen LogP contribution >= 0.6 is 43.2 Å². The Kier molecular flexibility index (Phi) is 5.52. The molecule has 0 amide bonds. The van der Waals surface area contributed by atoms with E-state index in [1.807, 2.05) is 11.3 Å². The molecule has 1 nitrogen and oxygen atoms in total. The predicted octanol–water partition coefficient (Wildman–Crippen LogP) is 5.50. The summed E-state index contributed by atoms with van der Waals surface area (Å²) in [5.74, 6) is 0.929. The van der Waals surface area contributed by atoms with Crippen molar-refractivity contribution in [3.8, 4) is 0 Å². The van der Waals surface area contributed by atoms with Crippen LogP contribution in [0.1, 0.15) is 49.9 Å². The zero-order chi connectivity index (χ0) is 12.3. The van der Waals surface area contributed by atoms with Gasteiger partial charge in [0, 0.05) is 15.4 Å². The van der Waals surface area contributed by atoms with E-state index in [2.05, 4.69) is 50.2 Å². The minimum absolute atomic E-state index is 0.538. The van der Waals surface area contributed by atoms with Crippen LogP contribution in [0.15, 0.2) is 14.3 Å². The first-order valence-electron chi connectivity index (χ1n) is 6.38. The molecule has 1 heterocycles. The lowest BCUT2D eigenvalue weighted by molar-refractivity contribution is 0.404. The van der Waals surface area contributed by atoms with Crippen LogP contribution in [0, 0.1) is 5.92 Å². The van der Waals surface area contributed by atoms with Crippen molar-refractivity contribution in [1.82, 2.24) is 5.32 Å². The van der Waals surface area contributed by atoms with Gasteiger partial charge in [-0.1, -0.05) is 32.6 Å². The molecule has 4 heteroatoms. The van der Waals surface area contributed by atoms with E-state index in [0.29, 0.717) is 6.04 Å². The van der Waals surface area contributed by atoms with E-state index in [-0.39, 0.29) is 0 Å². The van der Waals surface area contributed by atoms with Gasteiger partial charge in [0.2, 0.25) is 0 Å². The first-order valence-corrected chi connectivity index (χ1v) is 8.79. The molecule has 0 bridgehead atoms. The van der Waals surface area contributed by atoms with Gasteiger partial charge in [-0.3, -0.25) is 0 Å². The maximum Gasteiger partial charge on any atom is 0.0843 e. The lowest BCUT2D eigenvalue weighted by atomic mass is 9.97. The summed E-state index contributed by atoms with van der Waals surface area (Å²) < 4.78 is 2.40. The lowest BCUT2D eigenvalue weighted by Gasteiger charge is -2.20. The van der Waals surface area contributed by atoms with Crippen LogP contribution in [0.5, 0.6) is 0 Å². The van der Waals surface area contributed by atoms with E-state index < -0.39 is 0 Å². The van der Waals surface area contributed by atoms with Crippen LogP contribution in [-0.4, -0.2) is 6.54 Å². The van der Waals surface area contributed by atoms with Crippen LogP contribution in [0.2, 0.25) is 0 Å². The lowest BCUT2D eigenvalue weighted by Crippen LogP contribution is -2.22. The number of hydrogen-bond acceptors (Lipinski definition) is 2. The number of hydrogen-bond donors (Lipinski definition) is 1. The van der Waals surface area contributed by atoms with Gasteiger partial charge in [-0.25, -0.2) is 0 Å². The molecule has 0 saturated heterocycles. The third-order valence-electron chi connectivity index (χ3n) is 3.50. The van der Waals surface area contributed by atoms with E-state index in [4.69, 9.17) is 0 Å². The second kappa shape index (κ2) is 6.69. The molecule has 1 unspecified atom stereocenters. The van der Waals surface area contributed by atoms with Crippen LogP contribution < -0.4 is 5.32 Å². The van der Waals surface area contributed by atoms with Gasteiger partial charge in [0.15, 0.2) is 0 Å². The second-order valence-corrected chi connectivity index (χ2v) is 8.02. The smallest absolute Gasteiger partial charge is 0.0843 e. The molecule has 17 heavy (non-hydrogen) atoms. The summed E-state index contributed by atoms with van der Waals surface area (Å²) in [5, 5.41) is 3.64. The molecule has 1 saturated carbocycles. The molecule has 0 aromatic carbocycles. The third-order valence-corrected chi connectivity index (χ3v) is 6.87. The van der Waals surface area contributed by atoms with Gasteiger partial charge in [-0.2, -0.15) is 0 Å². The minimum atomic E-state index is 0.538. The van der Waals surface area contributed by atoms with Gasteiger partial charge in [-0.15, -0.1) is 11.3 Å². The molecule has 0 spiro atoms. The van der Waals surface area contributed by atoms with Crippen molar-refractivity contribution in [3.05, 3.63) is 19.2 Å². The predicted molar refractivity (Wildman–Crippen MR) is 82.7 cm³/mol. The largest absolute Gasteiger partial charge is 0.310 e. The molecule has 0 aliphatic heterocycles. The maximum atomic E-state index is 3.64. The first-order chi connectivity index (χ1) is 8.20. The average molecular weight is 381 g/mol. The van der Waals surface area contributed by atoms with Crippen molar-refractivity contribution in [2.24, 2.45) is 5.92 Å². The van der Waals surface area contributed by atoms with Crippen LogP contribution in [0.4, 0.5) is 0 Å². The topological polar surface area (TPSA) is 12.0 Å². The van der Waals surface area contributed by atoms with Crippen LogP contribution in [0.25, 0.3) is 0 Å². The Morgan fingerprint density at radius 1 is 1.41 bits per heavy atom. The maximum absolute atomic E-state index is 3.64. The minimum Gasteiger partial charge on any atom is -0.310 e. The molecule has 1 fully saturated rings. The van der Waals surface area contributed by atoms with Crippen LogP contribution in [0.3, 0.4) is 0 Å². The van der Waals surface area contributed by atoms with Crippen molar-refractivity contribution in [2.45, 2.75) is 45.1 Å². The van der Waals surface area contributed by atoms with Crippen molar-refractivity contribution >= 4 is 43.2 Å². The van der Waals surface area contributed by atoms with Gasteiger partial charge < -0.3 is 5.32 Å². The molecule has 1 aliphatic carbocycles. The summed E-state index contributed by atoms with van der Waals surface area (Å²) >= 11 is 9.03. The standard InChI is InChI=1S/C13H19Br2NS/c1-2-16-11(7-9-5-3-4-6-9)12-8-10(14)13(15)17-12/h8-9,11,16H,2-7H2,1H3. The average Bonchev–Trinajstić information content (AvgIpc) is 2.90. The number of nitrogens with one attached hydrogen (secondary N) is 1.